The number of amides is 1. The summed E-state index contributed by atoms with van der Waals surface area (Å²) in [6.45, 7) is 7.51. The van der Waals surface area contributed by atoms with E-state index in [1.54, 1.807) is 23.5 Å². The van der Waals surface area contributed by atoms with Crippen LogP contribution in [0, 0.1) is 13.8 Å². The molecule has 1 saturated heterocycles. The Morgan fingerprint density at radius 1 is 1.17 bits per heavy atom. The lowest BCUT2D eigenvalue weighted by atomic mass is 9.94. The number of nitrogens with one attached hydrogen (secondary N) is 2. The zero-order valence-corrected chi connectivity index (χ0v) is 18.0. The van der Waals surface area contributed by atoms with E-state index in [1.807, 2.05) is 12.1 Å². The van der Waals surface area contributed by atoms with Crippen LogP contribution in [0.3, 0.4) is 0 Å². The minimum Gasteiger partial charge on any atom is -0.459 e. The van der Waals surface area contributed by atoms with E-state index in [4.69, 9.17) is 20.8 Å². The summed E-state index contributed by atoms with van der Waals surface area (Å²) in [7, 11) is 0. The standard InChI is InChI=1S/C22H23ClN2O3S/c1-14-15(2)29-22(24-21(26)18-4-3-11-28-18)19(14)20(25-9-12-27-13-10-25)16-5-7-17(23)8-6-16/h3-8,11,20H,9-10,12-13H2,1-2H3,(H,24,26)/p+1/t20-/m0/s1. The second-order valence-corrected chi connectivity index (χ2v) is 8.87. The van der Waals surface area contributed by atoms with Crippen molar-refractivity contribution in [1.29, 1.82) is 0 Å². The Morgan fingerprint density at radius 3 is 2.55 bits per heavy atom. The number of benzene rings is 1. The maximum Gasteiger partial charge on any atom is 0.291 e. The van der Waals surface area contributed by atoms with E-state index in [1.165, 1.54) is 27.2 Å². The molecule has 4 rings (SSSR count). The fourth-order valence-corrected chi connectivity index (χ4v) is 5.06. The average molecular weight is 432 g/mol. The number of hydrogen-bond donors (Lipinski definition) is 2. The SMILES string of the molecule is Cc1sc(NC(=O)c2ccco2)c([C@H](c2ccc(Cl)cc2)[NH+]2CCOCC2)c1C. The van der Waals surface area contributed by atoms with Crippen LogP contribution in [0.15, 0.2) is 47.1 Å². The molecule has 0 unspecified atom stereocenters. The molecule has 0 spiro atoms. The number of quaternary nitrogens is 1. The van der Waals surface area contributed by atoms with Gasteiger partial charge in [-0.3, -0.25) is 4.79 Å². The van der Waals surface area contributed by atoms with Gasteiger partial charge in [-0.05, 0) is 43.7 Å². The minimum absolute atomic E-state index is 0.0908. The number of anilines is 1. The van der Waals surface area contributed by atoms with Gasteiger partial charge >= 0.3 is 0 Å². The highest BCUT2D eigenvalue weighted by Gasteiger charge is 2.33. The van der Waals surface area contributed by atoms with Gasteiger partial charge in [0.1, 0.15) is 24.1 Å². The van der Waals surface area contributed by atoms with Crippen LogP contribution in [0.5, 0.6) is 0 Å². The van der Waals surface area contributed by atoms with Crippen molar-refractivity contribution in [3.05, 3.63) is 75.0 Å². The summed E-state index contributed by atoms with van der Waals surface area (Å²) in [5.74, 6) is 0.0748. The predicted molar refractivity (Wildman–Crippen MR) is 115 cm³/mol. The van der Waals surface area contributed by atoms with Gasteiger partial charge in [-0.15, -0.1) is 11.3 Å². The molecule has 0 radical (unpaired) electrons. The zero-order valence-electron chi connectivity index (χ0n) is 16.5. The molecule has 29 heavy (non-hydrogen) atoms. The second-order valence-electron chi connectivity index (χ2n) is 7.21. The van der Waals surface area contributed by atoms with E-state index in [-0.39, 0.29) is 11.9 Å². The maximum atomic E-state index is 12.7. The number of carbonyl (C=O) groups is 1. The molecule has 1 aromatic carbocycles. The first kappa shape index (κ1) is 20.2. The van der Waals surface area contributed by atoms with Crippen molar-refractivity contribution >= 4 is 33.8 Å². The van der Waals surface area contributed by atoms with Crippen LogP contribution in [0.1, 0.15) is 38.2 Å². The lowest BCUT2D eigenvalue weighted by Crippen LogP contribution is -3.14. The largest absolute Gasteiger partial charge is 0.459 e. The molecule has 2 aromatic heterocycles. The number of carbonyl (C=O) groups excluding carboxylic acids is 1. The number of morpholine rings is 1. The van der Waals surface area contributed by atoms with Crippen molar-refractivity contribution in [3.8, 4) is 0 Å². The van der Waals surface area contributed by atoms with Gasteiger partial charge in [0.05, 0.1) is 25.0 Å². The van der Waals surface area contributed by atoms with Gasteiger partial charge in [0, 0.05) is 15.5 Å². The quantitative estimate of drug-likeness (QED) is 0.644. The van der Waals surface area contributed by atoms with Gasteiger partial charge in [0.15, 0.2) is 5.76 Å². The highest BCUT2D eigenvalue weighted by molar-refractivity contribution is 7.16. The van der Waals surface area contributed by atoms with Gasteiger partial charge in [0.25, 0.3) is 5.91 Å². The third-order valence-electron chi connectivity index (χ3n) is 5.44. The lowest BCUT2D eigenvalue weighted by Gasteiger charge is -2.32. The fourth-order valence-electron chi connectivity index (χ4n) is 3.84. The molecule has 1 atom stereocenters. The highest BCUT2D eigenvalue weighted by Crippen LogP contribution is 2.38. The van der Waals surface area contributed by atoms with Gasteiger partial charge in [-0.2, -0.15) is 0 Å². The van der Waals surface area contributed by atoms with E-state index >= 15 is 0 Å². The number of furan rings is 1. The third kappa shape index (κ3) is 4.26. The molecular formula is C22H24ClN2O3S+. The molecule has 0 aliphatic carbocycles. The molecule has 1 aliphatic rings. The van der Waals surface area contributed by atoms with Crippen LogP contribution < -0.4 is 10.2 Å². The first-order valence-electron chi connectivity index (χ1n) is 9.67. The summed E-state index contributed by atoms with van der Waals surface area (Å²) < 4.78 is 10.9. The molecule has 2 N–H and O–H groups in total. The van der Waals surface area contributed by atoms with E-state index in [9.17, 15) is 4.79 Å². The summed E-state index contributed by atoms with van der Waals surface area (Å²) in [5, 5.41) is 4.68. The summed E-state index contributed by atoms with van der Waals surface area (Å²) in [6, 6.07) is 11.5. The highest BCUT2D eigenvalue weighted by atomic mass is 35.5. The number of hydrogen-bond acceptors (Lipinski definition) is 4. The Bertz CT molecular complexity index is 976. The van der Waals surface area contributed by atoms with Crippen molar-refractivity contribution in [3.63, 3.8) is 0 Å². The zero-order chi connectivity index (χ0) is 20.4. The molecule has 1 fully saturated rings. The number of ether oxygens (including phenoxy) is 1. The summed E-state index contributed by atoms with van der Waals surface area (Å²) in [4.78, 5) is 15.3. The molecule has 152 valence electrons. The van der Waals surface area contributed by atoms with Crippen LogP contribution >= 0.6 is 22.9 Å². The normalized spacial score (nSPS) is 16.0. The van der Waals surface area contributed by atoms with Crippen LogP contribution in [0.4, 0.5) is 5.00 Å². The number of halogens is 1. The molecule has 0 bridgehead atoms. The molecule has 3 aromatic rings. The van der Waals surface area contributed by atoms with E-state index in [2.05, 4.69) is 31.3 Å². The van der Waals surface area contributed by atoms with Crippen LogP contribution in [0.2, 0.25) is 5.02 Å². The second kappa shape index (κ2) is 8.71. The monoisotopic (exact) mass is 431 g/mol. The van der Waals surface area contributed by atoms with Crippen molar-refractivity contribution in [2.24, 2.45) is 0 Å². The molecule has 0 saturated carbocycles. The van der Waals surface area contributed by atoms with Gasteiger partial charge < -0.3 is 19.4 Å². The van der Waals surface area contributed by atoms with Gasteiger partial charge in [-0.1, -0.05) is 23.7 Å². The Hall–Kier alpha value is -2.12. The Morgan fingerprint density at radius 2 is 1.90 bits per heavy atom. The maximum absolute atomic E-state index is 12.7. The Balaban J connectivity index is 1.77. The van der Waals surface area contributed by atoms with Crippen LogP contribution in [-0.2, 0) is 4.74 Å². The number of rotatable bonds is 5. The first-order valence-corrected chi connectivity index (χ1v) is 10.9. The van der Waals surface area contributed by atoms with Crippen LogP contribution in [-0.4, -0.2) is 32.2 Å². The van der Waals surface area contributed by atoms with Crippen molar-refractivity contribution in [2.75, 3.05) is 31.6 Å². The molecule has 7 heteroatoms. The van der Waals surface area contributed by atoms with Crippen LogP contribution in [0.25, 0.3) is 0 Å². The molecular weight excluding hydrogens is 408 g/mol. The number of thiophene rings is 1. The molecule has 5 nitrogen and oxygen atoms in total. The fraction of sp³-hybridized carbons (Fsp3) is 0.318. The first-order chi connectivity index (χ1) is 14.0. The molecule has 1 aliphatic heterocycles. The summed E-state index contributed by atoms with van der Waals surface area (Å²) >= 11 is 7.76. The molecule has 1 amide bonds. The van der Waals surface area contributed by atoms with Crippen molar-refractivity contribution < 1.29 is 18.8 Å². The van der Waals surface area contributed by atoms with Gasteiger partial charge in [-0.25, -0.2) is 0 Å². The van der Waals surface area contributed by atoms with Gasteiger partial charge in [0.2, 0.25) is 0 Å². The number of aryl methyl sites for hydroxylation is 1. The van der Waals surface area contributed by atoms with E-state index in [0.29, 0.717) is 10.8 Å². The van der Waals surface area contributed by atoms with Crippen molar-refractivity contribution in [2.45, 2.75) is 19.9 Å². The Labute approximate surface area is 179 Å². The smallest absolute Gasteiger partial charge is 0.291 e. The van der Waals surface area contributed by atoms with Crippen molar-refractivity contribution in [1.82, 2.24) is 0 Å². The third-order valence-corrected chi connectivity index (χ3v) is 6.83. The summed E-state index contributed by atoms with van der Waals surface area (Å²) in [6.07, 6.45) is 1.51. The lowest BCUT2D eigenvalue weighted by molar-refractivity contribution is -0.933. The average Bonchev–Trinajstić information content (AvgIpc) is 3.35. The molecule has 3 heterocycles. The van der Waals surface area contributed by atoms with E-state index in [0.717, 1.165) is 36.9 Å². The predicted octanol–water partition coefficient (Wildman–Crippen LogP) is 3.87. The Kier molecular flexibility index (Phi) is 6.06. The van der Waals surface area contributed by atoms with E-state index < -0.39 is 0 Å². The minimum atomic E-state index is -0.232. The summed E-state index contributed by atoms with van der Waals surface area (Å²) in [5.41, 5.74) is 3.55. The topological polar surface area (TPSA) is 55.9 Å².